The van der Waals surface area contributed by atoms with E-state index in [2.05, 4.69) is 0 Å². The van der Waals surface area contributed by atoms with Crippen molar-refractivity contribution in [3.63, 3.8) is 0 Å². The summed E-state index contributed by atoms with van der Waals surface area (Å²) in [6.45, 7) is 5.98. The lowest BCUT2D eigenvalue weighted by molar-refractivity contribution is -0.242. The first-order valence-electron chi connectivity index (χ1n) is 13.2. The number of hydrogen-bond donors (Lipinski definition) is 0. The Kier molecular flexibility index (Phi) is 9.19. The first kappa shape index (κ1) is 26.7. The SMILES string of the molecule is CCOC(=O)/C=C/[C@H]1CCC(C(=O)OCC)(C(=O)OCC)C[C@@]12CCCC1(CCCCCC1)O2. The van der Waals surface area contributed by atoms with Gasteiger partial charge in [0.15, 0.2) is 5.41 Å². The van der Waals surface area contributed by atoms with E-state index in [4.69, 9.17) is 18.9 Å². The second kappa shape index (κ2) is 11.7. The van der Waals surface area contributed by atoms with Gasteiger partial charge in [0, 0.05) is 18.4 Å². The number of carbonyl (C=O) groups excluding carboxylic acids is 3. The molecule has 7 heteroatoms. The molecule has 2 aliphatic carbocycles. The van der Waals surface area contributed by atoms with E-state index in [-0.39, 0.29) is 37.1 Å². The van der Waals surface area contributed by atoms with E-state index >= 15 is 0 Å². The average molecular weight is 479 g/mol. The molecule has 0 radical (unpaired) electrons. The van der Waals surface area contributed by atoms with Crippen LogP contribution in [0.4, 0.5) is 0 Å². The number of esters is 3. The molecule has 3 aliphatic rings. The molecule has 3 rings (SSSR count). The Morgan fingerprint density at radius 1 is 0.794 bits per heavy atom. The van der Waals surface area contributed by atoms with Crippen LogP contribution in [0.5, 0.6) is 0 Å². The Hall–Kier alpha value is -1.89. The number of hydrogen-bond acceptors (Lipinski definition) is 7. The summed E-state index contributed by atoms with van der Waals surface area (Å²) < 4.78 is 23.1. The molecule has 0 N–H and O–H groups in total. The smallest absolute Gasteiger partial charge is 0.330 e. The third-order valence-electron chi connectivity index (χ3n) is 7.91. The Morgan fingerprint density at radius 3 is 1.97 bits per heavy atom. The van der Waals surface area contributed by atoms with Gasteiger partial charge in [0.05, 0.1) is 31.0 Å². The fourth-order valence-corrected chi connectivity index (χ4v) is 6.38. The van der Waals surface area contributed by atoms with Gasteiger partial charge in [-0.25, -0.2) is 4.79 Å². The van der Waals surface area contributed by atoms with Crippen LogP contribution in [-0.4, -0.2) is 48.9 Å². The molecule has 0 amide bonds. The standard InChI is InChI=1S/C27H42O7/c1-4-31-22(28)13-12-21-14-19-26(23(29)32-5-2,24(30)33-6-3)20-27(21)18-11-17-25(34-27)15-9-7-8-10-16-25/h12-13,21H,4-11,14-20H2,1-3H3/b13-12+/t21-,27-/m0/s1. The predicted molar refractivity (Wildman–Crippen MR) is 127 cm³/mol. The molecule has 0 aromatic carbocycles. The molecule has 1 aliphatic heterocycles. The van der Waals surface area contributed by atoms with E-state index < -0.39 is 23.0 Å². The molecule has 0 aromatic heterocycles. The van der Waals surface area contributed by atoms with Crippen molar-refractivity contribution in [3.8, 4) is 0 Å². The lowest BCUT2D eigenvalue weighted by Crippen LogP contribution is -2.60. The van der Waals surface area contributed by atoms with Gasteiger partial charge in [-0.15, -0.1) is 0 Å². The van der Waals surface area contributed by atoms with E-state index in [0.717, 1.165) is 44.9 Å². The molecule has 3 fully saturated rings. The van der Waals surface area contributed by atoms with Crippen molar-refractivity contribution in [2.75, 3.05) is 19.8 Å². The van der Waals surface area contributed by atoms with Crippen LogP contribution in [0, 0.1) is 11.3 Å². The molecule has 2 saturated carbocycles. The van der Waals surface area contributed by atoms with Crippen LogP contribution < -0.4 is 0 Å². The van der Waals surface area contributed by atoms with Gasteiger partial charge in [-0.1, -0.05) is 31.8 Å². The summed E-state index contributed by atoms with van der Waals surface area (Å²) in [4.78, 5) is 38.7. The molecule has 0 aromatic rings. The van der Waals surface area contributed by atoms with Crippen molar-refractivity contribution in [2.24, 2.45) is 11.3 Å². The summed E-state index contributed by atoms with van der Waals surface area (Å²) in [7, 11) is 0. The Balaban J connectivity index is 2.00. The predicted octanol–water partition coefficient (Wildman–Crippen LogP) is 5.05. The minimum absolute atomic E-state index is 0.102. The third kappa shape index (κ3) is 5.67. The lowest BCUT2D eigenvalue weighted by Gasteiger charge is -2.56. The topological polar surface area (TPSA) is 88.1 Å². The Morgan fingerprint density at radius 2 is 1.38 bits per heavy atom. The molecular formula is C27H42O7. The summed E-state index contributed by atoms with van der Waals surface area (Å²) >= 11 is 0. The summed E-state index contributed by atoms with van der Waals surface area (Å²) in [5.74, 6) is -1.53. The van der Waals surface area contributed by atoms with Crippen LogP contribution in [0.15, 0.2) is 12.2 Å². The van der Waals surface area contributed by atoms with Crippen molar-refractivity contribution in [1.82, 2.24) is 0 Å². The zero-order valence-electron chi connectivity index (χ0n) is 21.2. The minimum atomic E-state index is -1.39. The average Bonchev–Trinajstić information content (AvgIpc) is 3.03. The van der Waals surface area contributed by atoms with E-state index in [0.29, 0.717) is 19.4 Å². The number of rotatable bonds is 7. The quantitative estimate of drug-likeness (QED) is 0.219. The van der Waals surface area contributed by atoms with Gasteiger partial charge < -0.3 is 18.9 Å². The van der Waals surface area contributed by atoms with Gasteiger partial charge in [0.25, 0.3) is 0 Å². The maximum atomic E-state index is 13.3. The van der Waals surface area contributed by atoms with Gasteiger partial charge >= 0.3 is 17.9 Å². The molecule has 7 nitrogen and oxygen atoms in total. The highest BCUT2D eigenvalue weighted by molar-refractivity contribution is 6.00. The van der Waals surface area contributed by atoms with Crippen LogP contribution in [0.1, 0.15) is 97.8 Å². The third-order valence-corrected chi connectivity index (χ3v) is 7.91. The van der Waals surface area contributed by atoms with Crippen LogP contribution in [-0.2, 0) is 33.3 Å². The first-order chi connectivity index (χ1) is 16.4. The maximum absolute atomic E-state index is 13.3. The van der Waals surface area contributed by atoms with Crippen LogP contribution in [0.25, 0.3) is 0 Å². The van der Waals surface area contributed by atoms with Gasteiger partial charge in [-0.3, -0.25) is 9.59 Å². The highest BCUT2D eigenvalue weighted by Gasteiger charge is 2.61. The normalized spacial score (nSPS) is 28.4. The van der Waals surface area contributed by atoms with E-state index in [1.165, 1.54) is 18.9 Å². The number of carbonyl (C=O) groups is 3. The van der Waals surface area contributed by atoms with E-state index in [1.54, 1.807) is 20.8 Å². The Bertz CT molecular complexity index is 732. The monoisotopic (exact) mass is 478 g/mol. The molecule has 2 atom stereocenters. The first-order valence-corrected chi connectivity index (χ1v) is 13.2. The molecule has 34 heavy (non-hydrogen) atoms. The summed E-state index contributed by atoms with van der Waals surface area (Å²) in [5, 5.41) is 0. The van der Waals surface area contributed by atoms with Crippen LogP contribution in [0.2, 0.25) is 0 Å². The fraction of sp³-hybridized carbons (Fsp3) is 0.815. The van der Waals surface area contributed by atoms with Crippen molar-refractivity contribution in [3.05, 3.63) is 12.2 Å². The van der Waals surface area contributed by atoms with Crippen molar-refractivity contribution >= 4 is 17.9 Å². The van der Waals surface area contributed by atoms with E-state index in [9.17, 15) is 14.4 Å². The maximum Gasteiger partial charge on any atom is 0.330 e. The molecular weight excluding hydrogens is 436 g/mol. The highest BCUT2D eigenvalue weighted by Crippen LogP contribution is 2.56. The van der Waals surface area contributed by atoms with Crippen molar-refractivity contribution in [2.45, 2.75) is 109 Å². The van der Waals surface area contributed by atoms with Gasteiger partial charge in [0.2, 0.25) is 0 Å². The molecule has 192 valence electrons. The summed E-state index contributed by atoms with van der Waals surface area (Å²) in [6, 6.07) is 0. The van der Waals surface area contributed by atoms with E-state index in [1.807, 2.05) is 6.08 Å². The lowest BCUT2D eigenvalue weighted by atomic mass is 9.59. The van der Waals surface area contributed by atoms with Crippen LogP contribution in [0.3, 0.4) is 0 Å². The molecule has 1 saturated heterocycles. The molecule has 0 unspecified atom stereocenters. The molecule has 1 heterocycles. The summed E-state index contributed by atoms with van der Waals surface area (Å²) in [5.41, 5.74) is -2.36. The zero-order valence-corrected chi connectivity index (χ0v) is 21.2. The second-order valence-electron chi connectivity index (χ2n) is 10.1. The highest BCUT2D eigenvalue weighted by atomic mass is 16.6. The summed E-state index contributed by atoms with van der Waals surface area (Å²) in [6.07, 6.45) is 13.8. The minimum Gasteiger partial charge on any atom is -0.465 e. The van der Waals surface area contributed by atoms with Gasteiger partial charge in [-0.2, -0.15) is 0 Å². The largest absolute Gasteiger partial charge is 0.465 e. The molecule has 0 bridgehead atoms. The van der Waals surface area contributed by atoms with Crippen molar-refractivity contribution < 1.29 is 33.3 Å². The zero-order chi connectivity index (χ0) is 24.7. The van der Waals surface area contributed by atoms with Gasteiger partial charge in [0.1, 0.15) is 0 Å². The Labute approximate surface area is 203 Å². The van der Waals surface area contributed by atoms with Crippen molar-refractivity contribution in [1.29, 1.82) is 0 Å². The number of ether oxygens (including phenoxy) is 4. The van der Waals surface area contributed by atoms with Gasteiger partial charge in [-0.05, 0) is 65.7 Å². The van der Waals surface area contributed by atoms with Crippen LogP contribution >= 0.6 is 0 Å². The molecule has 2 spiro atoms. The fourth-order valence-electron chi connectivity index (χ4n) is 6.38. The second-order valence-corrected chi connectivity index (χ2v) is 10.1.